The van der Waals surface area contributed by atoms with Crippen molar-refractivity contribution in [3.05, 3.63) is 48.5 Å². The van der Waals surface area contributed by atoms with Crippen molar-refractivity contribution in [2.24, 2.45) is 5.41 Å². The van der Waals surface area contributed by atoms with Crippen LogP contribution in [0.15, 0.2) is 42.9 Å². The van der Waals surface area contributed by atoms with Gasteiger partial charge in [-0.1, -0.05) is 34.6 Å². The van der Waals surface area contributed by atoms with Gasteiger partial charge < -0.3 is 9.16 Å². The number of anilines is 1. The van der Waals surface area contributed by atoms with Gasteiger partial charge in [-0.3, -0.25) is 24.7 Å². The standard InChI is InChI=1S/C29H40N6O4Si/c1-20-24(9-10-25(32-20)33-27(37)35-14-12-29(5,6)26(35)36)39-22-11-13-30-23(17-22)21-18-31-34(19-21)15-16-38-40(7,8)28(2,3)4/h9-11,13,17-19H,12,14-16H2,1-8H3,(H,32,33,37). The maximum atomic E-state index is 12.6. The van der Waals surface area contributed by atoms with E-state index < -0.39 is 19.8 Å². The molecule has 3 aromatic heterocycles. The fraction of sp³-hybridized carbons (Fsp3) is 0.483. The number of hydrogen-bond acceptors (Lipinski definition) is 7. The maximum Gasteiger partial charge on any atom is 0.329 e. The van der Waals surface area contributed by atoms with Gasteiger partial charge in [0, 0.05) is 36.0 Å². The van der Waals surface area contributed by atoms with Crippen molar-refractivity contribution in [2.45, 2.75) is 72.6 Å². The zero-order valence-corrected chi connectivity index (χ0v) is 25.7. The Kier molecular flexibility index (Phi) is 8.18. The summed E-state index contributed by atoms with van der Waals surface area (Å²) < 4.78 is 14.2. The third-order valence-electron chi connectivity index (χ3n) is 7.78. The highest BCUT2D eigenvalue weighted by Crippen LogP contribution is 2.36. The lowest BCUT2D eigenvalue weighted by molar-refractivity contribution is -0.131. The summed E-state index contributed by atoms with van der Waals surface area (Å²) in [5.41, 5.74) is 1.69. The van der Waals surface area contributed by atoms with E-state index in [0.717, 1.165) is 11.3 Å². The molecule has 3 aromatic rings. The van der Waals surface area contributed by atoms with Crippen molar-refractivity contribution in [2.75, 3.05) is 18.5 Å². The summed E-state index contributed by atoms with van der Waals surface area (Å²) in [6, 6.07) is 6.56. The Morgan fingerprint density at radius 2 is 1.95 bits per heavy atom. The number of likely N-dealkylation sites (tertiary alicyclic amines) is 1. The summed E-state index contributed by atoms with van der Waals surface area (Å²) in [4.78, 5) is 35.2. The number of urea groups is 1. The lowest BCUT2D eigenvalue weighted by Gasteiger charge is -2.36. The zero-order chi connectivity index (χ0) is 29.3. The van der Waals surface area contributed by atoms with E-state index in [1.165, 1.54) is 4.90 Å². The molecule has 0 aliphatic carbocycles. The molecule has 0 saturated carbocycles. The minimum absolute atomic E-state index is 0.167. The second-order valence-electron chi connectivity index (χ2n) is 12.4. The Balaban J connectivity index is 1.37. The largest absolute Gasteiger partial charge is 0.455 e. The number of carbonyl (C=O) groups is 2. The summed E-state index contributed by atoms with van der Waals surface area (Å²) in [6.45, 7) is 18.4. The van der Waals surface area contributed by atoms with Gasteiger partial charge >= 0.3 is 6.03 Å². The predicted molar refractivity (Wildman–Crippen MR) is 157 cm³/mol. The first-order chi connectivity index (χ1) is 18.7. The molecule has 11 heteroatoms. The first-order valence-corrected chi connectivity index (χ1v) is 16.5. The van der Waals surface area contributed by atoms with Gasteiger partial charge in [0.25, 0.3) is 0 Å². The van der Waals surface area contributed by atoms with Gasteiger partial charge in [0.2, 0.25) is 5.91 Å². The number of nitrogens with one attached hydrogen (secondary N) is 1. The lowest BCUT2D eigenvalue weighted by atomic mass is 9.92. The van der Waals surface area contributed by atoms with Crippen LogP contribution < -0.4 is 10.1 Å². The Morgan fingerprint density at radius 1 is 1.20 bits per heavy atom. The third-order valence-corrected chi connectivity index (χ3v) is 12.3. The molecule has 40 heavy (non-hydrogen) atoms. The molecule has 0 unspecified atom stereocenters. The van der Waals surface area contributed by atoms with Gasteiger partial charge in [0.1, 0.15) is 17.3 Å². The second-order valence-corrected chi connectivity index (χ2v) is 17.2. The topological polar surface area (TPSA) is 111 Å². The van der Waals surface area contributed by atoms with Gasteiger partial charge in [-0.15, -0.1) is 0 Å². The maximum absolute atomic E-state index is 12.6. The van der Waals surface area contributed by atoms with Crippen molar-refractivity contribution in [1.29, 1.82) is 0 Å². The van der Waals surface area contributed by atoms with Crippen LogP contribution in [-0.2, 0) is 15.8 Å². The van der Waals surface area contributed by atoms with E-state index in [9.17, 15) is 9.59 Å². The van der Waals surface area contributed by atoms with Crippen LogP contribution in [0.25, 0.3) is 11.3 Å². The number of aromatic nitrogens is 4. The molecule has 214 valence electrons. The first kappa shape index (κ1) is 29.4. The fourth-order valence-electron chi connectivity index (χ4n) is 4.05. The van der Waals surface area contributed by atoms with Gasteiger partial charge in [-0.2, -0.15) is 5.10 Å². The molecule has 0 atom stereocenters. The highest BCUT2D eigenvalue weighted by atomic mass is 28.4. The predicted octanol–water partition coefficient (Wildman–Crippen LogP) is 6.25. The fourth-order valence-corrected chi connectivity index (χ4v) is 5.08. The first-order valence-electron chi connectivity index (χ1n) is 13.6. The molecule has 1 aliphatic rings. The van der Waals surface area contributed by atoms with E-state index >= 15 is 0 Å². The van der Waals surface area contributed by atoms with Crippen molar-refractivity contribution in [3.8, 4) is 22.8 Å². The highest BCUT2D eigenvalue weighted by Gasteiger charge is 2.41. The highest BCUT2D eigenvalue weighted by molar-refractivity contribution is 6.74. The number of aryl methyl sites for hydroxylation is 1. The monoisotopic (exact) mass is 564 g/mol. The van der Waals surface area contributed by atoms with E-state index in [2.05, 4.69) is 54.2 Å². The quantitative estimate of drug-likeness (QED) is 0.322. The number of nitrogens with zero attached hydrogens (tertiary/aromatic N) is 5. The van der Waals surface area contributed by atoms with Gasteiger partial charge in [-0.05, 0) is 49.7 Å². The molecule has 1 saturated heterocycles. The average molecular weight is 565 g/mol. The number of amides is 3. The molecular formula is C29H40N6O4Si. The number of imide groups is 1. The zero-order valence-electron chi connectivity index (χ0n) is 24.7. The second kappa shape index (κ2) is 11.1. The summed E-state index contributed by atoms with van der Waals surface area (Å²) in [5.74, 6) is 1.32. The van der Waals surface area contributed by atoms with E-state index in [0.29, 0.717) is 49.1 Å². The molecule has 4 heterocycles. The molecule has 0 radical (unpaired) electrons. The Morgan fingerprint density at radius 3 is 2.60 bits per heavy atom. The molecule has 1 fully saturated rings. The lowest BCUT2D eigenvalue weighted by Crippen LogP contribution is -2.41. The van der Waals surface area contributed by atoms with Crippen LogP contribution in [0.4, 0.5) is 10.6 Å². The number of hydrogen-bond donors (Lipinski definition) is 1. The number of pyridine rings is 2. The molecule has 0 bridgehead atoms. The molecule has 3 amide bonds. The average Bonchev–Trinajstić information content (AvgIpc) is 3.44. The van der Waals surface area contributed by atoms with Crippen molar-refractivity contribution >= 4 is 26.1 Å². The van der Waals surface area contributed by atoms with Crippen molar-refractivity contribution < 1.29 is 18.8 Å². The minimum atomic E-state index is -1.80. The summed E-state index contributed by atoms with van der Waals surface area (Å²) >= 11 is 0. The molecule has 4 rings (SSSR count). The van der Waals surface area contributed by atoms with Crippen molar-refractivity contribution in [3.63, 3.8) is 0 Å². The molecule has 1 aliphatic heterocycles. The van der Waals surface area contributed by atoms with Crippen LogP contribution >= 0.6 is 0 Å². The molecular weight excluding hydrogens is 524 g/mol. The number of carbonyl (C=O) groups excluding carboxylic acids is 2. The molecule has 0 aromatic carbocycles. The van der Waals surface area contributed by atoms with Crippen LogP contribution in [-0.4, -0.2) is 58.1 Å². The van der Waals surface area contributed by atoms with Crippen LogP contribution in [0.2, 0.25) is 18.1 Å². The third kappa shape index (κ3) is 6.59. The smallest absolute Gasteiger partial charge is 0.329 e. The van der Waals surface area contributed by atoms with E-state index in [1.807, 2.05) is 30.8 Å². The Bertz CT molecular complexity index is 1400. The van der Waals surface area contributed by atoms with Crippen LogP contribution in [0.3, 0.4) is 0 Å². The minimum Gasteiger partial charge on any atom is -0.455 e. The molecule has 0 spiro atoms. The SMILES string of the molecule is Cc1nc(NC(=O)N2CCC(C)(C)C2=O)ccc1Oc1ccnc(-c2cnn(CCO[Si](C)(C)C(C)(C)C)c2)c1. The Labute approximate surface area is 237 Å². The molecule has 1 N–H and O–H groups in total. The van der Waals surface area contributed by atoms with Gasteiger partial charge in [0.15, 0.2) is 8.32 Å². The van der Waals surface area contributed by atoms with Gasteiger partial charge in [0.05, 0.1) is 30.7 Å². The number of ether oxygens (including phenoxy) is 1. The van der Waals surface area contributed by atoms with E-state index in [4.69, 9.17) is 9.16 Å². The summed E-state index contributed by atoms with van der Waals surface area (Å²) in [6.07, 6.45) is 6.07. The molecule has 10 nitrogen and oxygen atoms in total. The van der Waals surface area contributed by atoms with E-state index in [-0.39, 0.29) is 10.9 Å². The van der Waals surface area contributed by atoms with Crippen molar-refractivity contribution in [1.82, 2.24) is 24.6 Å². The normalized spacial score (nSPS) is 15.4. The number of rotatable bonds is 8. The van der Waals surface area contributed by atoms with Crippen LogP contribution in [0.1, 0.15) is 46.7 Å². The summed E-state index contributed by atoms with van der Waals surface area (Å²) in [5, 5.41) is 7.37. The summed E-state index contributed by atoms with van der Waals surface area (Å²) in [7, 11) is -1.80. The van der Waals surface area contributed by atoms with Gasteiger partial charge in [-0.25, -0.2) is 9.78 Å². The Hall–Kier alpha value is -3.57. The van der Waals surface area contributed by atoms with Crippen LogP contribution in [0.5, 0.6) is 11.5 Å². The van der Waals surface area contributed by atoms with Crippen LogP contribution in [0, 0.1) is 12.3 Å². The van der Waals surface area contributed by atoms with E-state index in [1.54, 1.807) is 37.5 Å².